The third-order valence-corrected chi connectivity index (χ3v) is 5.54. The molecule has 0 aromatic carbocycles. The minimum absolute atomic E-state index is 0.0261. The van der Waals surface area contributed by atoms with E-state index in [1.165, 1.54) is 11.3 Å². The highest BCUT2D eigenvalue weighted by Crippen LogP contribution is 2.36. The van der Waals surface area contributed by atoms with E-state index in [0.29, 0.717) is 6.61 Å². The van der Waals surface area contributed by atoms with E-state index in [0.717, 1.165) is 50.4 Å². The van der Waals surface area contributed by atoms with Crippen LogP contribution in [0.5, 0.6) is 0 Å². The molecule has 1 atom stereocenters. The van der Waals surface area contributed by atoms with Crippen molar-refractivity contribution in [1.29, 1.82) is 0 Å². The molecular formula is C16H24N2O3S. The average molecular weight is 324 g/mol. The van der Waals surface area contributed by atoms with Gasteiger partial charge in [0.25, 0.3) is 5.91 Å². The molecule has 2 fully saturated rings. The molecule has 0 radical (unpaired) electrons. The number of piperidine rings is 1. The number of hydrogen-bond donors (Lipinski definition) is 1. The molecule has 2 aliphatic rings. The van der Waals surface area contributed by atoms with Gasteiger partial charge >= 0.3 is 0 Å². The van der Waals surface area contributed by atoms with Crippen molar-refractivity contribution in [2.24, 2.45) is 0 Å². The number of nitrogens with one attached hydrogen (secondary N) is 1. The predicted molar refractivity (Wildman–Crippen MR) is 86.4 cm³/mol. The van der Waals surface area contributed by atoms with Crippen LogP contribution >= 0.6 is 11.3 Å². The van der Waals surface area contributed by atoms with Gasteiger partial charge in [-0.05, 0) is 30.7 Å². The number of carbonyl (C=O) groups excluding carboxylic acids is 1. The standard InChI is InChI=1S/C16H24N2O3S/c1-20-9-8-18-6-4-16(5-7-18)11-13(12-21-16)17-15(19)14-3-2-10-22-14/h2-3,10,13H,4-9,11-12H2,1H3,(H,17,19)/t13-/m1/s1. The largest absolute Gasteiger partial charge is 0.383 e. The second kappa shape index (κ2) is 7.08. The SMILES string of the molecule is COCCN1CCC2(CC1)C[C@@H](NC(=O)c1cccs1)CO2. The van der Waals surface area contributed by atoms with Gasteiger partial charge in [0.2, 0.25) is 0 Å². The van der Waals surface area contributed by atoms with Crippen LogP contribution in [0.2, 0.25) is 0 Å². The fraction of sp³-hybridized carbons (Fsp3) is 0.688. The Balaban J connectivity index is 1.47. The van der Waals surface area contributed by atoms with E-state index in [-0.39, 0.29) is 17.6 Å². The van der Waals surface area contributed by atoms with Crippen LogP contribution in [-0.4, -0.2) is 62.4 Å². The summed E-state index contributed by atoms with van der Waals surface area (Å²) in [7, 11) is 1.74. The molecule has 1 aromatic heterocycles. The highest BCUT2D eigenvalue weighted by atomic mass is 32.1. The van der Waals surface area contributed by atoms with Gasteiger partial charge in [0.1, 0.15) is 0 Å². The van der Waals surface area contributed by atoms with E-state index in [9.17, 15) is 4.79 Å². The first kappa shape index (κ1) is 15.9. The molecule has 3 heterocycles. The van der Waals surface area contributed by atoms with Crippen molar-refractivity contribution in [2.45, 2.75) is 30.9 Å². The maximum absolute atomic E-state index is 12.1. The Hall–Kier alpha value is -0.950. The number of ether oxygens (including phenoxy) is 2. The summed E-state index contributed by atoms with van der Waals surface area (Å²) in [6.45, 7) is 4.51. The summed E-state index contributed by atoms with van der Waals surface area (Å²) in [6.07, 6.45) is 3.02. The minimum Gasteiger partial charge on any atom is -0.383 e. The summed E-state index contributed by atoms with van der Waals surface area (Å²) >= 11 is 1.48. The van der Waals surface area contributed by atoms with Crippen LogP contribution < -0.4 is 5.32 Å². The van der Waals surface area contributed by atoms with Crippen LogP contribution in [0.15, 0.2) is 17.5 Å². The van der Waals surface area contributed by atoms with Crippen molar-refractivity contribution < 1.29 is 14.3 Å². The fourth-order valence-electron chi connectivity index (χ4n) is 3.35. The average Bonchev–Trinajstić information content (AvgIpc) is 3.18. The van der Waals surface area contributed by atoms with Crippen molar-refractivity contribution in [1.82, 2.24) is 10.2 Å². The van der Waals surface area contributed by atoms with Gasteiger partial charge in [-0.2, -0.15) is 0 Å². The van der Waals surface area contributed by atoms with E-state index in [2.05, 4.69) is 10.2 Å². The molecule has 1 spiro atoms. The Morgan fingerprint density at radius 3 is 3.05 bits per heavy atom. The summed E-state index contributed by atoms with van der Waals surface area (Å²) in [5.41, 5.74) is -0.0308. The number of likely N-dealkylation sites (tertiary alicyclic amines) is 1. The maximum atomic E-state index is 12.1. The molecule has 2 aliphatic heterocycles. The Morgan fingerprint density at radius 2 is 2.36 bits per heavy atom. The third-order valence-electron chi connectivity index (χ3n) is 4.67. The molecule has 3 rings (SSSR count). The fourth-order valence-corrected chi connectivity index (χ4v) is 3.98. The van der Waals surface area contributed by atoms with Crippen LogP contribution in [0.3, 0.4) is 0 Å². The number of hydrogen-bond acceptors (Lipinski definition) is 5. The van der Waals surface area contributed by atoms with Crippen LogP contribution in [0.25, 0.3) is 0 Å². The number of carbonyl (C=O) groups is 1. The molecule has 122 valence electrons. The Kier molecular flexibility index (Phi) is 5.13. The van der Waals surface area contributed by atoms with Crippen molar-refractivity contribution in [3.05, 3.63) is 22.4 Å². The summed E-state index contributed by atoms with van der Waals surface area (Å²) < 4.78 is 11.2. The molecule has 1 amide bonds. The second-order valence-electron chi connectivity index (χ2n) is 6.18. The van der Waals surface area contributed by atoms with Gasteiger partial charge in [0, 0.05) is 26.7 Å². The molecule has 0 unspecified atom stereocenters. The first-order valence-corrected chi connectivity index (χ1v) is 8.78. The van der Waals surface area contributed by atoms with Gasteiger partial charge in [-0.15, -0.1) is 11.3 Å². The molecule has 0 saturated carbocycles. The van der Waals surface area contributed by atoms with Gasteiger partial charge < -0.3 is 19.7 Å². The van der Waals surface area contributed by atoms with Crippen molar-refractivity contribution in [3.63, 3.8) is 0 Å². The summed E-state index contributed by atoms with van der Waals surface area (Å²) in [5, 5.41) is 5.04. The monoisotopic (exact) mass is 324 g/mol. The highest BCUT2D eigenvalue weighted by Gasteiger charge is 2.43. The molecule has 0 aliphatic carbocycles. The number of rotatable bonds is 5. The zero-order valence-corrected chi connectivity index (χ0v) is 13.9. The van der Waals surface area contributed by atoms with Crippen molar-refractivity contribution in [2.75, 3.05) is 40.0 Å². The molecule has 0 bridgehead atoms. The van der Waals surface area contributed by atoms with Crippen LogP contribution in [-0.2, 0) is 9.47 Å². The van der Waals surface area contributed by atoms with Gasteiger partial charge in [-0.25, -0.2) is 0 Å². The maximum Gasteiger partial charge on any atom is 0.261 e. The molecule has 1 aromatic rings. The Morgan fingerprint density at radius 1 is 1.55 bits per heavy atom. The lowest BCUT2D eigenvalue weighted by Crippen LogP contribution is -2.45. The smallest absolute Gasteiger partial charge is 0.261 e. The van der Waals surface area contributed by atoms with Gasteiger partial charge in [0.05, 0.1) is 29.7 Å². The second-order valence-corrected chi connectivity index (χ2v) is 7.13. The van der Waals surface area contributed by atoms with Crippen molar-refractivity contribution in [3.8, 4) is 0 Å². The van der Waals surface area contributed by atoms with Crippen LogP contribution in [0.1, 0.15) is 28.9 Å². The van der Waals surface area contributed by atoms with E-state index in [4.69, 9.17) is 9.47 Å². The Bertz CT molecular complexity index is 484. The van der Waals surface area contributed by atoms with Gasteiger partial charge in [-0.3, -0.25) is 4.79 Å². The molecule has 1 N–H and O–H groups in total. The first-order valence-electron chi connectivity index (χ1n) is 7.90. The number of thiophene rings is 1. The van der Waals surface area contributed by atoms with E-state index < -0.39 is 0 Å². The van der Waals surface area contributed by atoms with Gasteiger partial charge in [0.15, 0.2) is 0 Å². The molecular weight excluding hydrogens is 300 g/mol. The molecule has 22 heavy (non-hydrogen) atoms. The zero-order chi connectivity index (χ0) is 15.4. The van der Waals surface area contributed by atoms with E-state index >= 15 is 0 Å². The van der Waals surface area contributed by atoms with Crippen molar-refractivity contribution >= 4 is 17.2 Å². The molecule has 5 nitrogen and oxygen atoms in total. The quantitative estimate of drug-likeness (QED) is 0.896. The summed E-state index contributed by atoms with van der Waals surface area (Å²) in [4.78, 5) is 15.3. The zero-order valence-electron chi connectivity index (χ0n) is 13.0. The van der Waals surface area contributed by atoms with Crippen LogP contribution in [0, 0.1) is 0 Å². The van der Waals surface area contributed by atoms with Gasteiger partial charge in [-0.1, -0.05) is 6.07 Å². The molecule has 2 saturated heterocycles. The lowest BCUT2D eigenvalue weighted by atomic mass is 9.87. The first-order chi connectivity index (χ1) is 10.7. The predicted octanol–water partition coefficient (Wildman–Crippen LogP) is 1.75. The molecule has 6 heteroatoms. The van der Waals surface area contributed by atoms with Crippen LogP contribution in [0.4, 0.5) is 0 Å². The topological polar surface area (TPSA) is 50.8 Å². The lowest BCUT2D eigenvalue weighted by molar-refractivity contribution is -0.0460. The number of amides is 1. The highest BCUT2D eigenvalue weighted by molar-refractivity contribution is 7.12. The minimum atomic E-state index is -0.0308. The summed E-state index contributed by atoms with van der Waals surface area (Å²) in [6, 6.07) is 3.90. The Labute approximate surface area is 135 Å². The van der Waals surface area contributed by atoms with E-state index in [1.807, 2.05) is 17.5 Å². The third kappa shape index (κ3) is 3.68. The number of methoxy groups -OCH3 is 1. The normalized spacial score (nSPS) is 24.7. The number of nitrogens with zero attached hydrogens (tertiary/aromatic N) is 1. The van der Waals surface area contributed by atoms with E-state index in [1.54, 1.807) is 7.11 Å². The summed E-state index contributed by atoms with van der Waals surface area (Å²) in [5.74, 6) is 0.0261. The lowest BCUT2D eigenvalue weighted by Gasteiger charge is -2.38.